The Labute approximate surface area is 162 Å². The van der Waals surface area contributed by atoms with Gasteiger partial charge in [-0.05, 0) is 69.6 Å². The molecule has 1 N–H and O–H groups in total. The van der Waals surface area contributed by atoms with Crippen molar-refractivity contribution in [2.75, 3.05) is 5.32 Å². The second-order valence-corrected chi connectivity index (χ2v) is 9.06. The van der Waals surface area contributed by atoms with E-state index in [0.717, 1.165) is 29.0 Å². The fraction of sp³-hybridized carbons (Fsp3) is 0.636. The van der Waals surface area contributed by atoms with E-state index in [-0.39, 0.29) is 0 Å². The lowest BCUT2D eigenvalue weighted by atomic mass is 9.86. The van der Waals surface area contributed by atoms with Crippen molar-refractivity contribution in [3.8, 4) is 0 Å². The van der Waals surface area contributed by atoms with Crippen LogP contribution in [0.4, 0.5) is 10.5 Å². The van der Waals surface area contributed by atoms with Gasteiger partial charge in [-0.3, -0.25) is 4.90 Å². The smallest absolute Gasteiger partial charge is 0.411 e. The Balaban J connectivity index is 1.78. The zero-order valence-electron chi connectivity index (χ0n) is 17.0. The van der Waals surface area contributed by atoms with Crippen molar-refractivity contribution < 1.29 is 14.3 Å². The molecule has 0 radical (unpaired) electrons. The van der Waals surface area contributed by atoms with Gasteiger partial charge in [0.1, 0.15) is 11.9 Å². The Hall–Kier alpha value is -2.04. The molecule has 1 fully saturated rings. The maximum Gasteiger partial charge on any atom is 0.411 e. The Bertz CT molecular complexity index is 687. The van der Waals surface area contributed by atoms with Gasteiger partial charge in [-0.15, -0.1) is 0 Å². The molecule has 1 aliphatic heterocycles. The maximum atomic E-state index is 12.6. The number of hydrogen-bond donors (Lipinski definition) is 1. The van der Waals surface area contributed by atoms with Crippen LogP contribution in [0.3, 0.4) is 0 Å². The van der Waals surface area contributed by atoms with Crippen molar-refractivity contribution in [1.29, 1.82) is 0 Å². The molecule has 0 unspecified atom stereocenters. The van der Waals surface area contributed by atoms with E-state index in [1.807, 2.05) is 32.9 Å². The highest BCUT2D eigenvalue weighted by Gasteiger charge is 2.34. The summed E-state index contributed by atoms with van der Waals surface area (Å²) in [6.07, 6.45) is 5.87. The van der Waals surface area contributed by atoms with E-state index in [2.05, 4.69) is 18.3 Å². The highest BCUT2D eigenvalue weighted by atomic mass is 16.6. The molecule has 0 bridgehead atoms. The van der Waals surface area contributed by atoms with Crippen LogP contribution >= 0.6 is 0 Å². The Morgan fingerprint density at radius 3 is 2.56 bits per heavy atom. The number of ether oxygens (including phenoxy) is 1. The summed E-state index contributed by atoms with van der Waals surface area (Å²) in [6.45, 7) is 8.24. The van der Waals surface area contributed by atoms with Gasteiger partial charge in [0.2, 0.25) is 0 Å². The quantitative estimate of drug-likeness (QED) is 0.792. The molecule has 148 valence electrons. The molecule has 1 heterocycles. The second kappa shape index (κ2) is 7.91. The van der Waals surface area contributed by atoms with Crippen LogP contribution in [0, 0.1) is 5.92 Å². The van der Waals surface area contributed by atoms with Crippen LogP contribution in [-0.4, -0.2) is 35.0 Å². The molecule has 5 nitrogen and oxygen atoms in total. The highest BCUT2D eigenvalue weighted by Crippen LogP contribution is 2.32. The third-order valence-corrected chi connectivity index (χ3v) is 5.59. The normalized spacial score (nSPS) is 25.5. The molecule has 3 rings (SSSR count). The number of carbonyl (C=O) groups is 2. The van der Waals surface area contributed by atoms with E-state index in [9.17, 15) is 9.59 Å². The van der Waals surface area contributed by atoms with E-state index in [4.69, 9.17) is 4.74 Å². The summed E-state index contributed by atoms with van der Waals surface area (Å²) in [7, 11) is 0. The van der Waals surface area contributed by atoms with Gasteiger partial charge in [0.15, 0.2) is 0 Å². The zero-order valence-corrected chi connectivity index (χ0v) is 17.0. The summed E-state index contributed by atoms with van der Waals surface area (Å²) in [5, 5.41) is 3.71. The number of rotatable bonds is 3. The summed E-state index contributed by atoms with van der Waals surface area (Å²) in [6, 6.07) is 6.18. The number of nitrogens with one attached hydrogen (secondary N) is 1. The largest absolute Gasteiger partial charge is 0.444 e. The van der Waals surface area contributed by atoms with Crippen LogP contribution in [-0.2, 0) is 22.5 Å². The fourth-order valence-electron chi connectivity index (χ4n) is 4.05. The molecular weight excluding hydrogens is 340 g/mol. The minimum atomic E-state index is -0.577. The van der Waals surface area contributed by atoms with Crippen LogP contribution in [0.25, 0.3) is 0 Å². The van der Waals surface area contributed by atoms with Crippen LogP contribution < -0.4 is 5.32 Å². The third-order valence-electron chi connectivity index (χ3n) is 5.59. The standard InChI is InChI=1S/C22H32N2O3/c1-15-8-10-17(11-9-15)23-20-7-5-6-16-13-24(18(14-25)12-19(16)20)21(26)27-22(2,3)4/h5-7,14-15,17-18,23H,8-13H2,1-4H3/t15?,17?,18-/m1/s1. The van der Waals surface area contributed by atoms with Crippen LogP contribution in [0.5, 0.6) is 0 Å². The fourth-order valence-corrected chi connectivity index (χ4v) is 4.05. The molecule has 2 aliphatic rings. The van der Waals surface area contributed by atoms with Gasteiger partial charge in [0.05, 0.1) is 12.6 Å². The van der Waals surface area contributed by atoms with Crippen molar-refractivity contribution in [3.05, 3.63) is 29.3 Å². The van der Waals surface area contributed by atoms with Gasteiger partial charge in [-0.2, -0.15) is 0 Å². The molecule has 0 aromatic heterocycles. The number of benzene rings is 1. The lowest BCUT2D eigenvalue weighted by molar-refractivity contribution is -0.113. The first-order valence-electron chi connectivity index (χ1n) is 10.1. The number of amides is 1. The van der Waals surface area contributed by atoms with Gasteiger partial charge in [0.25, 0.3) is 0 Å². The van der Waals surface area contributed by atoms with Crippen molar-refractivity contribution in [2.24, 2.45) is 5.92 Å². The van der Waals surface area contributed by atoms with Crippen molar-refractivity contribution in [2.45, 2.75) is 84.0 Å². The molecule has 1 atom stereocenters. The molecule has 1 aromatic rings. The van der Waals surface area contributed by atoms with E-state index in [1.165, 1.54) is 25.7 Å². The number of carbonyl (C=O) groups excluding carboxylic acids is 2. The molecule has 1 aromatic carbocycles. The number of fused-ring (bicyclic) bond motifs is 1. The molecule has 1 amide bonds. The average molecular weight is 373 g/mol. The minimum Gasteiger partial charge on any atom is -0.444 e. The van der Waals surface area contributed by atoms with E-state index in [0.29, 0.717) is 19.0 Å². The number of nitrogens with zero attached hydrogens (tertiary/aromatic N) is 1. The predicted octanol–water partition coefficient (Wildman–Crippen LogP) is 4.54. The predicted molar refractivity (Wildman–Crippen MR) is 107 cm³/mol. The molecule has 0 spiro atoms. The summed E-state index contributed by atoms with van der Waals surface area (Å²) < 4.78 is 5.50. The number of hydrogen-bond acceptors (Lipinski definition) is 4. The van der Waals surface area contributed by atoms with E-state index < -0.39 is 17.7 Å². The average Bonchev–Trinajstić information content (AvgIpc) is 2.61. The maximum absolute atomic E-state index is 12.6. The van der Waals surface area contributed by atoms with Gasteiger partial charge >= 0.3 is 6.09 Å². The van der Waals surface area contributed by atoms with E-state index >= 15 is 0 Å². The molecule has 0 saturated heterocycles. The topological polar surface area (TPSA) is 58.6 Å². The summed E-state index contributed by atoms with van der Waals surface area (Å²) in [5.74, 6) is 0.814. The lowest BCUT2D eigenvalue weighted by Crippen LogP contribution is -2.47. The van der Waals surface area contributed by atoms with Crippen LogP contribution in [0.15, 0.2) is 18.2 Å². The third kappa shape index (κ3) is 4.82. The van der Waals surface area contributed by atoms with Gasteiger partial charge in [-0.25, -0.2) is 4.79 Å². The number of aldehydes is 1. The second-order valence-electron chi connectivity index (χ2n) is 9.06. The Morgan fingerprint density at radius 2 is 1.93 bits per heavy atom. The SMILES string of the molecule is CC1CCC(Nc2cccc3c2C[C@H](C=O)N(C(=O)OC(C)(C)C)C3)CC1. The molecule has 5 heteroatoms. The molecule has 27 heavy (non-hydrogen) atoms. The zero-order chi connectivity index (χ0) is 19.6. The Morgan fingerprint density at radius 1 is 1.22 bits per heavy atom. The van der Waals surface area contributed by atoms with E-state index in [1.54, 1.807) is 4.90 Å². The monoisotopic (exact) mass is 372 g/mol. The van der Waals surface area contributed by atoms with Crippen LogP contribution in [0.2, 0.25) is 0 Å². The first-order valence-corrected chi connectivity index (χ1v) is 10.1. The number of anilines is 1. The van der Waals surface area contributed by atoms with Gasteiger partial charge in [0, 0.05) is 18.2 Å². The van der Waals surface area contributed by atoms with Crippen LogP contribution in [0.1, 0.15) is 64.5 Å². The first-order chi connectivity index (χ1) is 12.8. The summed E-state index contributed by atoms with van der Waals surface area (Å²) in [5.41, 5.74) is 2.79. The van der Waals surface area contributed by atoms with Gasteiger partial charge in [-0.1, -0.05) is 19.1 Å². The molecule has 1 aliphatic carbocycles. The first kappa shape index (κ1) is 19.7. The lowest BCUT2D eigenvalue weighted by Gasteiger charge is -2.36. The van der Waals surface area contributed by atoms with Crippen molar-refractivity contribution in [3.63, 3.8) is 0 Å². The summed E-state index contributed by atoms with van der Waals surface area (Å²) in [4.78, 5) is 25.8. The highest BCUT2D eigenvalue weighted by molar-refractivity contribution is 5.76. The Kier molecular flexibility index (Phi) is 5.78. The molecular formula is C22H32N2O3. The summed E-state index contributed by atoms with van der Waals surface area (Å²) >= 11 is 0. The van der Waals surface area contributed by atoms with Crippen molar-refractivity contribution >= 4 is 18.1 Å². The molecule has 1 saturated carbocycles. The van der Waals surface area contributed by atoms with Crippen molar-refractivity contribution in [1.82, 2.24) is 4.90 Å². The minimum absolute atomic E-state index is 0.408. The van der Waals surface area contributed by atoms with Gasteiger partial charge < -0.3 is 14.8 Å².